The number of urea groups is 1. The summed E-state index contributed by atoms with van der Waals surface area (Å²) in [4.78, 5) is 13.2. The summed E-state index contributed by atoms with van der Waals surface area (Å²) in [5, 5.41) is 6.03. The number of hydrogen-bond donors (Lipinski definition) is 3. The van der Waals surface area contributed by atoms with Gasteiger partial charge >= 0.3 is 6.03 Å². The Bertz CT molecular complexity index is 211. The van der Waals surface area contributed by atoms with E-state index in [1.165, 1.54) is 24.2 Å². The first kappa shape index (κ1) is 14.3. The molecule has 1 fully saturated rings. The molecule has 3 N–H and O–H groups in total. The quantitative estimate of drug-likeness (QED) is 0.625. The van der Waals surface area contributed by atoms with Gasteiger partial charge in [0.25, 0.3) is 0 Å². The number of likely N-dealkylation sites (N-methyl/N-ethyl adjacent to an activating group) is 1. The second-order valence-electron chi connectivity index (χ2n) is 4.94. The van der Waals surface area contributed by atoms with Gasteiger partial charge in [0.05, 0.1) is 26.2 Å². The van der Waals surface area contributed by atoms with Crippen LogP contribution in [0.25, 0.3) is 0 Å². The van der Waals surface area contributed by atoms with E-state index in [4.69, 9.17) is 0 Å². The van der Waals surface area contributed by atoms with Gasteiger partial charge in [0.15, 0.2) is 0 Å². The van der Waals surface area contributed by atoms with Gasteiger partial charge in [-0.1, -0.05) is 19.3 Å². The number of carbonyl (C=O) groups is 1. The van der Waals surface area contributed by atoms with Crippen LogP contribution in [0.3, 0.4) is 0 Å². The SMILES string of the molecule is CC[NH+](CC)CCNC(=O)NC1CCCCC1. The van der Waals surface area contributed by atoms with Crippen LogP contribution >= 0.6 is 0 Å². The zero-order valence-corrected chi connectivity index (χ0v) is 11.3. The maximum Gasteiger partial charge on any atom is 0.315 e. The molecular formula is C13H28N3O+. The molecule has 1 aliphatic rings. The number of nitrogens with one attached hydrogen (secondary N) is 3. The van der Waals surface area contributed by atoms with Crippen LogP contribution < -0.4 is 15.5 Å². The third kappa shape index (κ3) is 5.91. The van der Waals surface area contributed by atoms with E-state index in [2.05, 4.69) is 24.5 Å². The van der Waals surface area contributed by atoms with Crippen molar-refractivity contribution in [2.75, 3.05) is 26.2 Å². The highest BCUT2D eigenvalue weighted by Gasteiger charge is 2.15. The molecule has 4 heteroatoms. The number of carbonyl (C=O) groups excluding carboxylic acids is 1. The van der Waals surface area contributed by atoms with E-state index in [1.54, 1.807) is 0 Å². The number of rotatable bonds is 6. The normalized spacial score (nSPS) is 17.1. The van der Waals surface area contributed by atoms with Crippen molar-refractivity contribution in [3.63, 3.8) is 0 Å². The fourth-order valence-corrected chi connectivity index (χ4v) is 2.44. The molecule has 2 amide bonds. The molecule has 17 heavy (non-hydrogen) atoms. The summed E-state index contributed by atoms with van der Waals surface area (Å²) >= 11 is 0. The Morgan fingerprint density at radius 3 is 2.41 bits per heavy atom. The van der Waals surface area contributed by atoms with Crippen molar-refractivity contribution in [2.24, 2.45) is 0 Å². The molecule has 0 aromatic carbocycles. The van der Waals surface area contributed by atoms with E-state index in [0.717, 1.165) is 39.0 Å². The summed E-state index contributed by atoms with van der Waals surface area (Å²) in [6.45, 7) is 8.41. The highest BCUT2D eigenvalue weighted by atomic mass is 16.2. The Balaban J connectivity index is 2.07. The van der Waals surface area contributed by atoms with Gasteiger partial charge in [-0.05, 0) is 26.7 Å². The molecular weight excluding hydrogens is 214 g/mol. The van der Waals surface area contributed by atoms with Crippen LogP contribution in [0.5, 0.6) is 0 Å². The van der Waals surface area contributed by atoms with Gasteiger partial charge in [0.1, 0.15) is 0 Å². The van der Waals surface area contributed by atoms with Crippen LogP contribution in [-0.4, -0.2) is 38.3 Å². The van der Waals surface area contributed by atoms with Crippen molar-refractivity contribution in [3.05, 3.63) is 0 Å². The zero-order valence-electron chi connectivity index (χ0n) is 11.3. The topological polar surface area (TPSA) is 45.6 Å². The Kier molecular flexibility index (Phi) is 7.01. The van der Waals surface area contributed by atoms with Crippen molar-refractivity contribution in [3.8, 4) is 0 Å². The van der Waals surface area contributed by atoms with Gasteiger partial charge in [-0.3, -0.25) is 0 Å². The van der Waals surface area contributed by atoms with E-state index in [-0.39, 0.29) is 6.03 Å². The van der Waals surface area contributed by atoms with E-state index in [9.17, 15) is 4.79 Å². The molecule has 0 aromatic heterocycles. The first-order chi connectivity index (χ1) is 8.26. The van der Waals surface area contributed by atoms with Crippen molar-refractivity contribution >= 4 is 6.03 Å². The summed E-state index contributed by atoms with van der Waals surface area (Å²) in [7, 11) is 0. The van der Waals surface area contributed by atoms with Crippen LogP contribution in [-0.2, 0) is 0 Å². The molecule has 0 aliphatic heterocycles. The van der Waals surface area contributed by atoms with Gasteiger partial charge in [-0.25, -0.2) is 4.79 Å². The monoisotopic (exact) mass is 242 g/mol. The highest BCUT2D eigenvalue weighted by molar-refractivity contribution is 5.74. The van der Waals surface area contributed by atoms with Gasteiger partial charge < -0.3 is 15.5 Å². The minimum atomic E-state index is 0.0171. The lowest BCUT2D eigenvalue weighted by atomic mass is 9.96. The van der Waals surface area contributed by atoms with Crippen LogP contribution in [0.1, 0.15) is 46.0 Å². The average Bonchev–Trinajstić information content (AvgIpc) is 2.36. The Labute approximate surface area is 105 Å². The second-order valence-corrected chi connectivity index (χ2v) is 4.94. The molecule has 0 spiro atoms. The maximum atomic E-state index is 11.6. The van der Waals surface area contributed by atoms with Crippen molar-refractivity contribution in [1.82, 2.24) is 10.6 Å². The van der Waals surface area contributed by atoms with Crippen molar-refractivity contribution in [1.29, 1.82) is 0 Å². The van der Waals surface area contributed by atoms with E-state index in [1.807, 2.05) is 0 Å². The van der Waals surface area contributed by atoms with Crippen LogP contribution in [0, 0.1) is 0 Å². The lowest BCUT2D eigenvalue weighted by Gasteiger charge is -2.23. The minimum Gasteiger partial charge on any atom is -0.335 e. The maximum absolute atomic E-state index is 11.6. The lowest BCUT2D eigenvalue weighted by molar-refractivity contribution is -0.895. The largest absolute Gasteiger partial charge is 0.335 e. The Morgan fingerprint density at radius 1 is 1.18 bits per heavy atom. The van der Waals surface area contributed by atoms with Gasteiger partial charge in [-0.2, -0.15) is 0 Å². The molecule has 1 saturated carbocycles. The summed E-state index contributed by atoms with van der Waals surface area (Å²) in [5.41, 5.74) is 0. The predicted molar refractivity (Wildman–Crippen MR) is 70.3 cm³/mol. The third-order valence-electron chi connectivity index (χ3n) is 3.70. The molecule has 1 aliphatic carbocycles. The summed E-state index contributed by atoms with van der Waals surface area (Å²) in [5.74, 6) is 0. The summed E-state index contributed by atoms with van der Waals surface area (Å²) < 4.78 is 0. The predicted octanol–water partition coefficient (Wildman–Crippen LogP) is 0.543. The Morgan fingerprint density at radius 2 is 1.82 bits per heavy atom. The van der Waals surface area contributed by atoms with E-state index >= 15 is 0 Å². The molecule has 0 saturated heterocycles. The lowest BCUT2D eigenvalue weighted by Crippen LogP contribution is -3.12. The Hall–Kier alpha value is -0.770. The summed E-state index contributed by atoms with van der Waals surface area (Å²) in [6.07, 6.45) is 6.14. The van der Waals surface area contributed by atoms with E-state index < -0.39 is 0 Å². The molecule has 0 heterocycles. The molecule has 0 radical (unpaired) electrons. The number of amides is 2. The first-order valence-corrected chi connectivity index (χ1v) is 7.14. The molecule has 0 bridgehead atoms. The molecule has 0 aromatic rings. The zero-order chi connectivity index (χ0) is 12.5. The van der Waals surface area contributed by atoms with E-state index in [0.29, 0.717) is 6.04 Å². The molecule has 0 atom stereocenters. The smallest absolute Gasteiger partial charge is 0.315 e. The van der Waals surface area contributed by atoms with Crippen molar-refractivity contribution in [2.45, 2.75) is 52.0 Å². The van der Waals surface area contributed by atoms with Gasteiger partial charge in [0, 0.05) is 6.04 Å². The van der Waals surface area contributed by atoms with Gasteiger partial charge in [-0.15, -0.1) is 0 Å². The van der Waals surface area contributed by atoms with Crippen LogP contribution in [0.15, 0.2) is 0 Å². The second kappa shape index (κ2) is 8.34. The van der Waals surface area contributed by atoms with Crippen LogP contribution in [0.2, 0.25) is 0 Å². The molecule has 4 nitrogen and oxygen atoms in total. The molecule has 0 unspecified atom stereocenters. The number of hydrogen-bond acceptors (Lipinski definition) is 1. The first-order valence-electron chi connectivity index (χ1n) is 7.14. The summed E-state index contributed by atoms with van der Waals surface area (Å²) in [6, 6.07) is 0.424. The third-order valence-corrected chi connectivity index (χ3v) is 3.70. The highest BCUT2D eigenvalue weighted by Crippen LogP contribution is 2.16. The van der Waals surface area contributed by atoms with Gasteiger partial charge in [0.2, 0.25) is 0 Å². The number of quaternary nitrogens is 1. The fraction of sp³-hybridized carbons (Fsp3) is 0.923. The standard InChI is InChI=1S/C13H27N3O/c1-3-16(4-2)11-10-14-13(17)15-12-8-6-5-7-9-12/h12H,3-11H2,1-2H3,(H2,14,15,17)/p+1. The average molecular weight is 242 g/mol. The van der Waals surface area contributed by atoms with Crippen LogP contribution in [0.4, 0.5) is 4.79 Å². The fourth-order valence-electron chi connectivity index (χ4n) is 2.44. The van der Waals surface area contributed by atoms with Crippen molar-refractivity contribution < 1.29 is 9.69 Å². The minimum absolute atomic E-state index is 0.0171. The molecule has 100 valence electrons. The molecule has 1 rings (SSSR count).